The van der Waals surface area contributed by atoms with E-state index in [1.165, 1.54) is 0 Å². The molecule has 0 saturated carbocycles. The molecule has 4 aromatic rings. The number of aliphatic hydroxyl groups excluding tert-OH is 1. The molecule has 0 amide bonds. The molecule has 0 aliphatic heterocycles. The molecular formula is C26H24O2. The lowest BCUT2D eigenvalue weighted by Crippen LogP contribution is -2.01. The summed E-state index contributed by atoms with van der Waals surface area (Å²) in [5.74, 6) is 0.854. The van der Waals surface area contributed by atoms with Gasteiger partial charge in [-0.25, -0.2) is 0 Å². The first kappa shape index (κ1) is 18.3. The van der Waals surface area contributed by atoms with Crippen molar-refractivity contribution in [3.8, 4) is 16.9 Å². The van der Waals surface area contributed by atoms with Gasteiger partial charge in [-0.3, -0.25) is 0 Å². The quantitative estimate of drug-likeness (QED) is 0.455. The van der Waals surface area contributed by atoms with Crippen molar-refractivity contribution in [3.63, 3.8) is 0 Å². The van der Waals surface area contributed by atoms with Crippen molar-refractivity contribution in [1.82, 2.24) is 0 Å². The van der Waals surface area contributed by atoms with Crippen LogP contribution in [-0.4, -0.2) is 5.11 Å². The molecule has 0 heterocycles. The van der Waals surface area contributed by atoms with Crippen molar-refractivity contribution >= 4 is 10.8 Å². The molecule has 1 N–H and O–H groups in total. The van der Waals surface area contributed by atoms with Gasteiger partial charge in [0, 0.05) is 5.56 Å². The number of benzene rings is 4. The molecule has 4 aromatic carbocycles. The van der Waals surface area contributed by atoms with E-state index in [-0.39, 0.29) is 6.61 Å². The Kier molecular flexibility index (Phi) is 5.14. The van der Waals surface area contributed by atoms with Crippen LogP contribution in [0.25, 0.3) is 21.9 Å². The number of hydrogen-bond donors (Lipinski definition) is 1. The molecule has 0 spiro atoms. The molecular weight excluding hydrogens is 344 g/mol. The van der Waals surface area contributed by atoms with E-state index in [0.717, 1.165) is 49.9 Å². The second-order valence-electron chi connectivity index (χ2n) is 7.21. The summed E-state index contributed by atoms with van der Waals surface area (Å²) in [7, 11) is 0. The molecule has 2 heteroatoms. The average molecular weight is 368 g/mol. The van der Waals surface area contributed by atoms with Crippen LogP contribution in [0, 0.1) is 13.8 Å². The lowest BCUT2D eigenvalue weighted by molar-refractivity contribution is 0.282. The Labute approximate surface area is 166 Å². The summed E-state index contributed by atoms with van der Waals surface area (Å²) in [5.41, 5.74) is 6.47. The lowest BCUT2D eigenvalue weighted by Gasteiger charge is -2.19. The molecule has 0 bridgehead atoms. The van der Waals surface area contributed by atoms with Gasteiger partial charge < -0.3 is 9.84 Å². The van der Waals surface area contributed by atoms with Crippen molar-refractivity contribution < 1.29 is 9.84 Å². The zero-order chi connectivity index (χ0) is 19.5. The van der Waals surface area contributed by atoms with Gasteiger partial charge in [-0.1, -0.05) is 72.8 Å². The maximum absolute atomic E-state index is 10.0. The van der Waals surface area contributed by atoms with E-state index < -0.39 is 0 Å². The summed E-state index contributed by atoms with van der Waals surface area (Å²) >= 11 is 0. The van der Waals surface area contributed by atoms with Crippen LogP contribution in [-0.2, 0) is 13.2 Å². The van der Waals surface area contributed by atoms with Gasteiger partial charge in [0.25, 0.3) is 0 Å². The molecule has 0 unspecified atom stereocenters. The van der Waals surface area contributed by atoms with Gasteiger partial charge in [0.2, 0.25) is 0 Å². The van der Waals surface area contributed by atoms with E-state index in [1.54, 1.807) is 0 Å². The molecule has 0 atom stereocenters. The first-order valence-corrected chi connectivity index (χ1v) is 9.57. The fraction of sp³-hybridized carbons (Fsp3) is 0.154. The smallest absolute Gasteiger partial charge is 0.128 e. The highest BCUT2D eigenvalue weighted by atomic mass is 16.5. The van der Waals surface area contributed by atoms with Gasteiger partial charge in [-0.15, -0.1) is 0 Å². The van der Waals surface area contributed by atoms with Crippen LogP contribution in [0.2, 0.25) is 0 Å². The summed E-state index contributed by atoms with van der Waals surface area (Å²) in [4.78, 5) is 0. The molecule has 28 heavy (non-hydrogen) atoms. The van der Waals surface area contributed by atoms with Crippen LogP contribution in [0.5, 0.6) is 5.75 Å². The fourth-order valence-corrected chi connectivity index (χ4v) is 3.84. The fourth-order valence-electron chi connectivity index (χ4n) is 3.84. The number of rotatable bonds is 5. The number of aryl methyl sites for hydroxylation is 2. The van der Waals surface area contributed by atoms with E-state index in [2.05, 4.69) is 56.3 Å². The normalized spacial score (nSPS) is 11.0. The third-order valence-corrected chi connectivity index (χ3v) is 5.12. The molecule has 2 nitrogen and oxygen atoms in total. The van der Waals surface area contributed by atoms with Gasteiger partial charge in [-0.2, -0.15) is 0 Å². The highest BCUT2D eigenvalue weighted by molar-refractivity contribution is 6.00. The van der Waals surface area contributed by atoms with Crippen LogP contribution >= 0.6 is 0 Å². The van der Waals surface area contributed by atoms with E-state index in [9.17, 15) is 5.11 Å². The van der Waals surface area contributed by atoms with Crippen molar-refractivity contribution in [3.05, 3.63) is 101 Å². The maximum atomic E-state index is 10.0. The third kappa shape index (κ3) is 3.51. The predicted molar refractivity (Wildman–Crippen MR) is 116 cm³/mol. The summed E-state index contributed by atoms with van der Waals surface area (Å²) in [5, 5.41) is 12.3. The summed E-state index contributed by atoms with van der Waals surface area (Å²) < 4.78 is 6.31. The number of fused-ring (bicyclic) bond motifs is 1. The molecule has 0 radical (unpaired) electrons. The van der Waals surface area contributed by atoms with Crippen molar-refractivity contribution in [2.45, 2.75) is 27.1 Å². The van der Waals surface area contributed by atoms with Crippen LogP contribution in [0.1, 0.15) is 22.3 Å². The number of aliphatic hydroxyl groups is 1. The Morgan fingerprint density at radius 2 is 1.54 bits per heavy atom. The monoisotopic (exact) mass is 368 g/mol. The molecule has 0 aromatic heterocycles. The van der Waals surface area contributed by atoms with E-state index in [0.29, 0.717) is 6.61 Å². The SMILES string of the molecule is Cc1cc(C)c(-c2c(CO)ccc3ccccc23)c(OCc2ccccc2)c1. The van der Waals surface area contributed by atoms with E-state index in [4.69, 9.17) is 4.74 Å². The first-order valence-electron chi connectivity index (χ1n) is 9.57. The van der Waals surface area contributed by atoms with Gasteiger partial charge in [0.15, 0.2) is 0 Å². The highest BCUT2D eigenvalue weighted by Crippen LogP contribution is 2.41. The zero-order valence-electron chi connectivity index (χ0n) is 16.3. The third-order valence-electron chi connectivity index (χ3n) is 5.12. The van der Waals surface area contributed by atoms with Crippen molar-refractivity contribution in [2.75, 3.05) is 0 Å². The average Bonchev–Trinajstić information content (AvgIpc) is 2.72. The van der Waals surface area contributed by atoms with E-state index >= 15 is 0 Å². The molecule has 140 valence electrons. The second-order valence-corrected chi connectivity index (χ2v) is 7.21. The van der Waals surface area contributed by atoms with Gasteiger partial charge in [0.05, 0.1) is 6.61 Å². The molecule has 4 rings (SSSR count). The van der Waals surface area contributed by atoms with Crippen LogP contribution in [0.15, 0.2) is 78.9 Å². The predicted octanol–water partition coefficient (Wildman–Crippen LogP) is 6.19. The largest absolute Gasteiger partial charge is 0.488 e. The molecule has 0 aliphatic rings. The standard InChI is InChI=1S/C26H24O2/c1-18-14-19(2)25(24(15-18)28-17-20-8-4-3-5-9-20)26-22(16-27)13-12-21-10-6-7-11-23(21)26/h3-15,27H,16-17H2,1-2H3. The van der Waals surface area contributed by atoms with Gasteiger partial charge in [0.1, 0.15) is 12.4 Å². The maximum Gasteiger partial charge on any atom is 0.128 e. The van der Waals surface area contributed by atoms with E-state index in [1.807, 2.05) is 36.4 Å². The number of ether oxygens (including phenoxy) is 1. The summed E-state index contributed by atoms with van der Waals surface area (Å²) in [6.45, 7) is 4.70. The number of hydrogen-bond acceptors (Lipinski definition) is 2. The topological polar surface area (TPSA) is 29.5 Å². The Morgan fingerprint density at radius 3 is 2.32 bits per heavy atom. The lowest BCUT2D eigenvalue weighted by atomic mass is 9.89. The minimum Gasteiger partial charge on any atom is -0.488 e. The Hall–Kier alpha value is -3.10. The van der Waals surface area contributed by atoms with Crippen LogP contribution in [0.4, 0.5) is 0 Å². The van der Waals surface area contributed by atoms with Crippen LogP contribution < -0.4 is 4.74 Å². The van der Waals surface area contributed by atoms with Crippen molar-refractivity contribution in [2.24, 2.45) is 0 Å². The van der Waals surface area contributed by atoms with Crippen molar-refractivity contribution in [1.29, 1.82) is 0 Å². The molecule has 0 saturated heterocycles. The Bertz CT molecular complexity index is 1110. The minimum absolute atomic E-state index is 0.00832. The summed E-state index contributed by atoms with van der Waals surface area (Å²) in [6, 6.07) is 26.8. The molecule has 0 aliphatic carbocycles. The van der Waals surface area contributed by atoms with Crippen LogP contribution in [0.3, 0.4) is 0 Å². The first-order chi connectivity index (χ1) is 13.7. The highest BCUT2D eigenvalue weighted by Gasteiger charge is 2.17. The van der Waals surface area contributed by atoms with Gasteiger partial charge >= 0.3 is 0 Å². The molecule has 0 fully saturated rings. The second kappa shape index (κ2) is 7.87. The Balaban J connectivity index is 1.89. The summed E-state index contributed by atoms with van der Waals surface area (Å²) in [6.07, 6.45) is 0. The Morgan fingerprint density at radius 1 is 0.786 bits per heavy atom. The minimum atomic E-state index is -0.00832. The zero-order valence-corrected chi connectivity index (χ0v) is 16.3. The van der Waals surface area contributed by atoms with Gasteiger partial charge in [-0.05, 0) is 58.5 Å².